The molecule has 162 valence electrons. The number of ether oxygens (including phenoxy) is 1. The molecule has 0 bridgehead atoms. The highest BCUT2D eigenvalue weighted by Crippen LogP contribution is 2.42. The number of likely N-dealkylation sites (N-methyl/N-ethyl adjacent to an activating group) is 1. The van der Waals surface area contributed by atoms with Gasteiger partial charge in [-0.2, -0.15) is 0 Å². The van der Waals surface area contributed by atoms with Gasteiger partial charge in [0.15, 0.2) is 11.6 Å². The molecule has 1 atom stereocenters. The van der Waals surface area contributed by atoms with Crippen LogP contribution in [0.25, 0.3) is 10.9 Å². The third-order valence-corrected chi connectivity index (χ3v) is 5.64. The number of amides is 1. The number of hydrogen-bond acceptors (Lipinski definition) is 7. The van der Waals surface area contributed by atoms with Crippen LogP contribution in [0.3, 0.4) is 0 Å². The molecule has 1 unspecified atom stereocenters. The number of nitrogens with zero attached hydrogens (tertiary/aromatic N) is 3. The Morgan fingerprint density at radius 1 is 1.33 bits per heavy atom. The van der Waals surface area contributed by atoms with E-state index < -0.39 is 17.2 Å². The first-order valence-electron chi connectivity index (χ1n) is 10.0. The van der Waals surface area contributed by atoms with Gasteiger partial charge >= 0.3 is 0 Å². The van der Waals surface area contributed by atoms with Crippen molar-refractivity contribution in [3.05, 3.63) is 33.9 Å². The molecule has 3 heterocycles. The molecule has 1 amide bonds. The van der Waals surface area contributed by atoms with Crippen LogP contribution in [-0.2, 0) is 0 Å². The van der Waals surface area contributed by atoms with Crippen LogP contribution in [-0.4, -0.2) is 73.5 Å². The second-order valence-corrected chi connectivity index (χ2v) is 7.77. The lowest BCUT2D eigenvalue weighted by atomic mass is 10.0. The summed E-state index contributed by atoms with van der Waals surface area (Å²) in [7, 11) is 2.02. The minimum Gasteiger partial charge on any atom is -0.487 e. The Morgan fingerprint density at radius 2 is 2.07 bits per heavy atom. The molecule has 2 aromatic rings. The van der Waals surface area contributed by atoms with Gasteiger partial charge in [0, 0.05) is 38.9 Å². The van der Waals surface area contributed by atoms with Gasteiger partial charge in [-0.05, 0) is 20.0 Å². The smallest absolute Gasteiger partial charge is 0.270 e. The van der Waals surface area contributed by atoms with E-state index in [1.807, 2.05) is 23.4 Å². The molecule has 9 nitrogen and oxygen atoms in total. The zero-order valence-corrected chi connectivity index (χ0v) is 17.1. The van der Waals surface area contributed by atoms with Crippen LogP contribution in [0, 0.1) is 5.82 Å². The van der Waals surface area contributed by atoms with E-state index in [9.17, 15) is 9.59 Å². The number of aliphatic hydroxyl groups excluding tert-OH is 1. The van der Waals surface area contributed by atoms with Crippen molar-refractivity contribution in [1.29, 1.82) is 0 Å². The average Bonchev–Trinajstić information content (AvgIpc) is 2.73. The third kappa shape index (κ3) is 3.51. The lowest BCUT2D eigenvalue weighted by Crippen LogP contribution is -2.45. The highest BCUT2D eigenvalue weighted by molar-refractivity contribution is 5.99. The Bertz CT molecular complexity index is 1030. The van der Waals surface area contributed by atoms with E-state index >= 15 is 4.39 Å². The van der Waals surface area contributed by atoms with Crippen LogP contribution in [0.4, 0.5) is 10.1 Å². The number of aromatic nitrogens is 1. The minimum absolute atomic E-state index is 0.0978. The maximum atomic E-state index is 15.2. The Kier molecular flexibility index (Phi) is 5.63. The van der Waals surface area contributed by atoms with Gasteiger partial charge in [0.1, 0.15) is 17.9 Å². The fourth-order valence-electron chi connectivity index (χ4n) is 3.96. The summed E-state index contributed by atoms with van der Waals surface area (Å²) in [4.78, 5) is 29.7. The van der Waals surface area contributed by atoms with Gasteiger partial charge in [0.2, 0.25) is 5.43 Å². The highest BCUT2D eigenvalue weighted by atomic mass is 19.1. The number of pyridine rings is 1. The second-order valence-electron chi connectivity index (χ2n) is 7.77. The number of anilines is 1. The van der Waals surface area contributed by atoms with Gasteiger partial charge in [-0.25, -0.2) is 9.82 Å². The zero-order valence-electron chi connectivity index (χ0n) is 17.1. The number of aliphatic hydroxyl groups is 1. The first kappa shape index (κ1) is 20.6. The van der Waals surface area contributed by atoms with Gasteiger partial charge in [-0.3, -0.25) is 15.0 Å². The lowest BCUT2D eigenvalue weighted by molar-refractivity contribution is 0.0928. The quantitative estimate of drug-likeness (QED) is 0.466. The maximum Gasteiger partial charge on any atom is 0.270 e. The molecule has 4 rings (SSSR count). The van der Waals surface area contributed by atoms with Gasteiger partial charge < -0.3 is 24.2 Å². The highest BCUT2D eigenvalue weighted by Gasteiger charge is 2.31. The predicted octanol–water partition coefficient (Wildman–Crippen LogP) is 0.0725. The Labute approximate surface area is 173 Å². The van der Waals surface area contributed by atoms with Crippen molar-refractivity contribution >= 4 is 22.5 Å². The predicted molar refractivity (Wildman–Crippen MR) is 111 cm³/mol. The summed E-state index contributed by atoms with van der Waals surface area (Å²) in [6, 6.07) is 1.08. The van der Waals surface area contributed by atoms with Crippen molar-refractivity contribution in [2.75, 3.05) is 57.9 Å². The van der Waals surface area contributed by atoms with Crippen LogP contribution < -0.4 is 25.9 Å². The molecule has 1 aromatic heterocycles. The van der Waals surface area contributed by atoms with Crippen molar-refractivity contribution in [2.45, 2.75) is 13.0 Å². The monoisotopic (exact) mass is 419 g/mol. The number of carbonyl (C=O) groups is 1. The van der Waals surface area contributed by atoms with Crippen molar-refractivity contribution in [3.8, 4) is 5.75 Å². The molecule has 1 aromatic carbocycles. The topological polar surface area (TPSA) is 99.1 Å². The van der Waals surface area contributed by atoms with E-state index in [1.165, 1.54) is 12.3 Å². The van der Waals surface area contributed by atoms with Gasteiger partial charge in [-0.15, -0.1) is 0 Å². The molecule has 1 saturated heterocycles. The zero-order chi connectivity index (χ0) is 21.4. The summed E-state index contributed by atoms with van der Waals surface area (Å²) in [6.07, 6.45) is 1.50. The van der Waals surface area contributed by atoms with Crippen molar-refractivity contribution in [1.82, 2.24) is 20.3 Å². The number of piperazine rings is 1. The van der Waals surface area contributed by atoms with Crippen LogP contribution in [0.2, 0.25) is 0 Å². The Hall–Kier alpha value is -2.69. The van der Waals surface area contributed by atoms with E-state index in [-0.39, 0.29) is 30.1 Å². The number of hydrogen-bond donors (Lipinski definition) is 3. The fraction of sp³-hybridized carbons (Fsp3) is 0.500. The number of carbonyl (C=O) groups excluding carboxylic acids is 1. The third-order valence-electron chi connectivity index (χ3n) is 5.64. The van der Waals surface area contributed by atoms with E-state index in [2.05, 4.69) is 15.8 Å². The summed E-state index contributed by atoms with van der Waals surface area (Å²) in [5.74, 6) is -0.811. The normalized spacial score (nSPS) is 19.1. The van der Waals surface area contributed by atoms with Crippen LogP contribution in [0.1, 0.15) is 23.3 Å². The molecule has 2 aliphatic heterocycles. The number of nitrogens with one attached hydrogen (secondary N) is 2. The van der Waals surface area contributed by atoms with E-state index in [0.29, 0.717) is 36.6 Å². The SMILES string of the molecule is CC1COc2c(N3CCN(C)CC3)c(F)cc3c(=O)c(C(=O)NNCCO)cn1c23. The number of rotatable bonds is 5. The molecular weight excluding hydrogens is 393 g/mol. The van der Waals surface area contributed by atoms with Crippen LogP contribution >= 0.6 is 0 Å². The maximum absolute atomic E-state index is 15.2. The van der Waals surface area contributed by atoms with Crippen molar-refractivity contribution in [3.63, 3.8) is 0 Å². The number of halogens is 1. The van der Waals surface area contributed by atoms with Gasteiger partial charge in [-0.1, -0.05) is 0 Å². The number of hydrazine groups is 1. The minimum atomic E-state index is -0.636. The number of benzene rings is 1. The van der Waals surface area contributed by atoms with E-state index in [0.717, 1.165) is 13.1 Å². The summed E-state index contributed by atoms with van der Waals surface area (Å²) in [5.41, 5.74) is 5.15. The molecule has 10 heteroatoms. The molecule has 1 fully saturated rings. The summed E-state index contributed by atoms with van der Waals surface area (Å²) >= 11 is 0. The molecule has 0 radical (unpaired) electrons. The molecule has 2 aliphatic rings. The first-order valence-corrected chi connectivity index (χ1v) is 10.0. The van der Waals surface area contributed by atoms with Crippen LogP contribution in [0.5, 0.6) is 5.75 Å². The Balaban J connectivity index is 1.85. The van der Waals surface area contributed by atoms with Crippen molar-refractivity contribution < 1.29 is 19.0 Å². The van der Waals surface area contributed by atoms with E-state index in [4.69, 9.17) is 9.84 Å². The summed E-state index contributed by atoms with van der Waals surface area (Å²) in [6.45, 7) is 5.12. The Morgan fingerprint density at radius 3 is 2.77 bits per heavy atom. The summed E-state index contributed by atoms with van der Waals surface area (Å²) in [5, 5.41) is 8.95. The van der Waals surface area contributed by atoms with E-state index in [1.54, 1.807) is 0 Å². The molecule has 0 aliphatic carbocycles. The summed E-state index contributed by atoms with van der Waals surface area (Å²) < 4.78 is 23.0. The molecule has 0 saturated carbocycles. The van der Waals surface area contributed by atoms with Crippen LogP contribution in [0.15, 0.2) is 17.1 Å². The largest absolute Gasteiger partial charge is 0.487 e. The van der Waals surface area contributed by atoms with Gasteiger partial charge in [0.05, 0.1) is 23.6 Å². The standard InChI is InChI=1S/C20H26FN5O4/c1-12-11-30-19-16-13(9-15(21)17(19)25-6-4-24(2)5-7-25)18(28)14(10-26(12)16)20(29)23-22-3-8-27/h9-10,12,22,27H,3-8,11H2,1-2H3,(H,23,29). The molecular formula is C20H26FN5O4. The fourth-order valence-corrected chi connectivity index (χ4v) is 3.96. The molecule has 3 N–H and O–H groups in total. The lowest BCUT2D eigenvalue weighted by Gasteiger charge is -2.37. The van der Waals surface area contributed by atoms with Gasteiger partial charge in [0.25, 0.3) is 5.91 Å². The van der Waals surface area contributed by atoms with Crippen molar-refractivity contribution in [2.24, 2.45) is 0 Å². The molecule has 0 spiro atoms. The first-order chi connectivity index (χ1) is 14.4. The molecule has 30 heavy (non-hydrogen) atoms. The second kappa shape index (κ2) is 8.21. The average molecular weight is 419 g/mol.